The summed E-state index contributed by atoms with van der Waals surface area (Å²) in [6.07, 6.45) is 7.31. The summed E-state index contributed by atoms with van der Waals surface area (Å²) in [5.41, 5.74) is 0. The number of amides is 2. The molecule has 2 saturated carbocycles. The minimum Gasteiger partial charge on any atom is -0.335 e. The Morgan fingerprint density at radius 1 is 1.29 bits per heavy atom. The summed E-state index contributed by atoms with van der Waals surface area (Å²) in [5, 5.41) is 3.14. The fraction of sp³-hybridized carbons (Fsp3) is 0.909. The lowest BCUT2D eigenvalue weighted by Crippen LogP contribution is -2.44. The molecule has 0 aromatic rings. The van der Waals surface area contributed by atoms with Gasteiger partial charge in [-0.2, -0.15) is 0 Å². The van der Waals surface area contributed by atoms with Crippen LogP contribution in [-0.4, -0.2) is 29.6 Å². The van der Waals surface area contributed by atoms with Gasteiger partial charge in [0, 0.05) is 18.6 Å². The van der Waals surface area contributed by atoms with Gasteiger partial charge in [0.05, 0.1) is 0 Å². The summed E-state index contributed by atoms with van der Waals surface area (Å²) in [4.78, 5) is 13.8. The van der Waals surface area contributed by atoms with Crippen LogP contribution in [0, 0.1) is 0 Å². The van der Waals surface area contributed by atoms with Crippen molar-refractivity contribution in [2.45, 2.75) is 57.5 Å². The van der Waals surface area contributed by atoms with Crippen LogP contribution in [0.5, 0.6) is 0 Å². The summed E-state index contributed by atoms with van der Waals surface area (Å²) in [6.45, 7) is 2.91. The Balaban J connectivity index is 1.80. The van der Waals surface area contributed by atoms with E-state index in [4.69, 9.17) is 0 Å². The van der Waals surface area contributed by atoms with E-state index in [-0.39, 0.29) is 6.03 Å². The fourth-order valence-electron chi connectivity index (χ4n) is 2.28. The predicted octanol–water partition coefficient (Wildman–Crippen LogP) is 2.12. The van der Waals surface area contributed by atoms with E-state index in [0.717, 1.165) is 6.54 Å². The molecule has 2 aliphatic rings. The second-order valence-electron chi connectivity index (χ2n) is 4.45. The minimum atomic E-state index is 0.168. The van der Waals surface area contributed by atoms with Crippen LogP contribution in [0.25, 0.3) is 0 Å². The molecule has 14 heavy (non-hydrogen) atoms. The third-order valence-electron chi connectivity index (χ3n) is 3.27. The van der Waals surface area contributed by atoms with Crippen molar-refractivity contribution in [1.29, 1.82) is 0 Å². The molecule has 0 atom stereocenters. The van der Waals surface area contributed by atoms with Crippen LogP contribution in [0.2, 0.25) is 0 Å². The highest BCUT2D eigenvalue weighted by atomic mass is 16.2. The molecule has 0 unspecified atom stereocenters. The van der Waals surface area contributed by atoms with E-state index < -0.39 is 0 Å². The first-order chi connectivity index (χ1) is 6.81. The van der Waals surface area contributed by atoms with Crippen molar-refractivity contribution < 1.29 is 4.79 Å². The van der Waals surface area contributed by atoms with Gasteiger partial charge in [-0.3, -0.25) is 0 Å². The monoisotopic (exact) mass is 196 g/mol. The van der Waals surface area contributed by atoms with Gasteiger partial charge in [0.1, 0.15) is 0 Å². The van der Waals surface area contributed by atoms with E-state index in [1.54, 1.807) is 0 Å². The van der Waals surface area contributed by atoms with Crippen LogP contribution in [0.3, 0.4) is 0 Å². The average Bonchev–Trinajstić information content (AvgIpc) is 2.86. The van der Waals surface area contributed by atoms with Gasteiger partial charge in [-0.25, -0.2) is 4.79 Å². The van der Waals surface area contributed by atoms with Crippen LogP contribution < -0.4 is 5.32 Å². The summed E-state index contributed by atoms with van der Waals surface area (Å²) in [5.74, 6) is 0. The Hall–Kier alpha value is -0.730. The van der Waals surface area contributed by atoms with E-state index in [2.05, 4.69) is 12.2 Å². The van der Waals surface area contributed by atoms with Crippen LogP contribution in [0.15, 0.2) is 0 Å². The Bertz CT molecular complexity index is 207. The molecule has 0 aliphatic heterocycles. The normalized spacial score (nSPS) is 22.4. The quantitative estimate of drug-likeness (QED) is 0.736. The fourth-order valence-corrected chi connectivity index (χ4v) is 2.28. The highest BCUT2D eigenvalue weighted by molar-refractivity contribution is 5.75. The average molecular weight is 196 g/mol. The summed E-state index contributed by atoms with van der Waals surface area (Å²) >= 11 is 0. The molecule has 2 aliphatic carbocycles. The summed E-state index contributed by atoms with van der Waals surface area (Å²) < 4.78 is 0. The van der Waals surface area contributed by atoms with Crippen LogP contribution in [-0.2, 0) is 0 Å². The molecule has 80 valence electrons. The molecule has 0 aromatic carbocycles. The van der Waals surface area contributed by atoms with Crippen molar-refractivity contribution in [1.82, 2.24) is 10.2 Å². The topological polar surface area (TPSA) is 32.3 Å². The lowest BCUT2D eigenvalue weighted by molar-refractivity contribution is 0.194. The van der Waals surface area contributed by atoms with Crippen molar-refractivity contribution >= 4 is 6.03 Å². The van der Waals surface area contributed by atoms with Gasteiger partial charge in [-0.1, -0.05) is 12.8 Å². The van der Waals surface area contributed by atoms with E-state index in [0.29, 0.717) is 12.1 Å². The summed E-state index contributed by atoms with van der Waals surface area (Å²) in [7, 11) is 0. The van der Waals surface area contributed by atoms with Gasteiger partial charge in [-0.05, 0) is 32.6 Å². The van der Waals surface area contributed by atoms with E-state index >= 15 is 0 Å². The van der Waals surface area contributed by atoms with E-state index in [1.165, 1.54) is 38.5 Å². The maximum Gasteiger partial charge on any atom is 0.317 e. The Labute approximate surface area is 85.8 Å². The zero-order valence-corrected chi connectivity index (χ0v) is 8.96. The number of carbonyl (C=O) groups excluding carboxylic acids is 1. The van der Waals surface area contributed by atoms with Gasteiger partial charge >= 0.3 is 6.03 Å². The molecule has 0 spiro atoms. The SMILES string of the molecule is CCN(C(=O)NC1CCCC1)C1CC1. The van der Waals surface area contributed by atoms with Crippen molar-refractivity contribution in [3.8, 4) is 0 Å². The van der Waals surface area contributed by atoms with Gasteiger partial charge in [0.25, 0.3) is 0 Å². The third kappa shape index (κ3) is 2.20. The van der Waals surface area contributed by atoms with Crippen molar-refractivity contribution in [3.05, 3.63) is 0 Å². The van der Waals surface area contributed by atoms with Gasteiger partial charge in [0.2, 0.25) is 0 Å². The molecule has 0 radical (unpaired) electrons. The molecule has 0 saturated heterocycles. The first-order valence-corrected chi connectivity index (χ1v) is 5.88. The van der Waals surface area contributed by atoms with E-state index in [9.17, 15) is 4.79 Å². The summed E-state index contributed by atoms with van der Waals surface area (Å²) in [6, 6.07) is 1.17. The molecule has 0 heterocycles. The largest absolute Gasteiger partial charge is 0.335 e. The van der Waals surface area contributed by atoms with Crippen molar-refractivity contribution in [2.75, 3.05) is 6.54 Å². The molecule has 0 aromatic heterocycles. The molecule has 2 rings (SSSR count). The smallest absolute Gasteiger partial charge is 0.317 e. The number of nitrogens with one attached hydrogen (secondary N) is 1. The first-order valence-electron chi connectivity index (χ1n) is 5.88. The standard InChI is InChI=1S/C11H20N2O/c1-2-13(10-7-8-10)11(14)12-9-5-3-4-6-9/h9-10H,2-8H2,1H3,(H,12,14). The number of urea groups is 1. The third-order valence-corrected chi connectivity index (χ3v) is 3.27. The zero-order chi connectivity index (χ0) is 9.97. The highest BCUT2D eigenvalue weighted by Gasteiger charge is 2.32. The Kier molecular flexibility index (Phi) is 2.94. The number of nitrogens with zero attached hydrogens (tertiary/aromatic N) is 1. The molecule has 0 bridgehead atoms. The lowest BCUT2D eigenvalue weighted by Gasteiger charge is -2.23. The second-order valence-corrected chi connectivity index (χ2v) is 4.45. The molecular weight excluding hydrogens is 176 g/mol. The molecular formula is C11H20N2O. The highest BCUT2D eigenvalue weighted by Crippen LogP contribution is 2.27. The zero-order valence-electron chi connectivity index (χ0n) is 8.96. The predicted molar refractivity (Wildman–Crippen MR) is 56.2 cm³/mol. The number of hydrogen-bond acceptors (Lipinski definition) is 1. The van der Waals surface area contributed by atoms with Crippen LogP contribution >= 0.6 is 0 Å². The van der Waals surface area contributed by atoms with Gasteiger partial charge in [0.15, 0.2) is 0 Å². The van der Waals surface area contributed by atoms with Crippen molar-refractivity contribution in [2.24, 2.45) is 0 Å². The first kappa shape index (κ1) is 9.81. The Morgan fingerprint density at radius 3 is 2.43 bits per heavy atom. The molecule has 3 nitrogen and oxygen atoms in total. The van der Waals surface area contributed by atoms with E-state index in [1.807, 2.05) is 4.90 Å². The Morgan fingerprint density at radius 2 is 1.93 bits per heavy atom. The minimum absolute atomic E-state index is 0.168. The van der Waals surface area contributed by atoms with Crippen molar-refractivity contribution in [3.63, 3.8) is 0 Å². The van der Waals surface area contributed by atoms with Crippen LogP contribution in [0.1, 0.15) is 45.4 Å². The maximum atomic E-state index is 11.8. The second kappa shape index (κ2) is 4.20. The molecule has 1 N–H and O–H groups in total. The molecule has 3 heteroatoms. The number of hydrogen-bond donors (Lipinski definition) is 1. The van der Waals surface area contributed by atoms with Gasteiger partial charge < -0.3 is 10.2 Å². The van der Waals surface area contributed by atoms with Crippen LogP contribution in [0.4, 0.5) is 4.79 Å². The molecule has 2 amide bonds. The number of rotatable bonds is 3. The van der Waals surface area contributed by atoms with Gasteiger partial charge in [-0.15, -0.1) is 0 Å². The maximum absolute atomic E-state index is 11.8. The molecule has 2 fully saturated rings. The number of carbonyl (C=O) groups is 1. The lowest BCUT2D eigenvalue weighted by atomic mass is 10.2.